The maximum absolute atomic E-state index is 14.0. The van der Waals surface area contributed by atoms with E-state index in [4.69, 9.17) is 52.2 Å². The number of amides is 4. The van der Waals surface area contributed by atoms with Gasteiger partial charge in [0.2, 0.25) is 23.6 Å². The fraction of sp³-hybridized carbons (Fsp3) is 0.756. The van der Waals surface area contributed by atoms with E-state index in [-0.39, 0.29) is 133 Å². The first-order valence-electron chi connectivity index (χ1n) is 20.3. The molecule has 4 amide bonds. The number of hydrogen-bond acceptors (Lipinski definition) is 12. The second-order valence-corrected chi connectivity index (χ2v) is 18.2. The second kappa shape index (κ2) is 33.6. The van der Waals surface area contributed by atoms with Crippen LogP contribution in [-0.4, -0.2) is 140 Å². The number of carbonyl (C=O) groups excluding carboxylic acids is 4. The van der Waals surface area contributed by atoms with Crippen LogP contribution in [0.25, 0.3) is 0 Å². The van der Waals surface area contributed by atoms with Gasteiger partial charge < -0.3 is 54.2 Å². The minimum absolute atomic E-state index is 0.00693. The van der Waals surface area contributed by atoms with Crippen LogP contribution < -0.4 is 21.3 Å². The molecule has 0 radical (unpaired) electrons. The van der Waals surface area contributed by atoms with Crippen molar-refractivity contribution in [1.29, 1.82) is 0 Å². The Morgan fingerprint density at radius 1 is 0.627 bits per heavy atom. The lowest BCUT2D eigenvalue weighted by Gasteiger charge is -2.38. The molecule has 4 N–H and O–H groups in total. The summed E-state index contributed by atoms with van der Waals surface area (Å²) in [4.78, 5) is 53.3. The lowest BCUT2D eigenvalue weighted by Crippen LogP contribution is -2.52. The summed E-state index contributed by atoms with van der Waals surface area (Å²) >= 11 is 4.27. The van der Waals surface area contributed by atoms with E-state index in [0.29, 0.717) is 65.3 Å². The third kappa shape index (κ3) is 27.4. The molecule has 18 heteroatoms. The molecule has 1 fully saturated rings. The lowest BCUT2D eigenvalue weighted by atomic mass is 9.81. The van der Waals surface area contributed by atoms with E-state index in [0.717, 1.165) is 0 Å². The standard InChI is InChI=1S/C41H67N4O12PS/c1-6-22-51-28-31-54-25-19-42-37(46)13-16-41(17-14-38(47)43-20-26-55-32-29-52-23-7-2,18-15-39(48)44-21-27-56-33-30-53-24-8-3)45-40(49)35-9-11-36(12-10-35)57-58(50,59)34(4)5/h1-3,34-36H,9-33H2,4-5H3,(H,42,46)(H,43,47)(H,44,48)(H,45,49)(H,50,59). The molecule has 334 valence electrons. The van der Waals surface area contributed by atoms with Crippen LogP contribution in [0.15, 0.2) is 0 Å². The molecular weight excluding hydrogens is 804 g/mol. The van der Waals surface area contributed by atoms with Gasteiger partial charge in [-0.25, -0.2) is 0 Å². The van der Waals surface area contributed by atoms with Crippen molar-refractivity contribution in [3.63, 3.8) is 0 Å². The first-order chi connectivity index (χ1) is 28.4. The summed E-state index contributed by atoms with van der Waals surface area (Å²) in [7, 11) is 0. The Balaban J connectivity index is 3.05. The van der Waals surface area contributed by atoms with Gasteiger partial charge in [-0.05, 0) is 44.9 Å². The molecule has 1 aliphatic rings. The fourth-order valence-corrected chi connectivity index (χ4v) is 7.14. The third-order valence-corrected chi connectivity index (χ3v) is 12.8. The SMILES string of the molecule is C#CCOCCOCCNC(=O)CCC(CCC(=O)NCCOCCOCC#C)(CCC(=O)NCCOCCOCC#C)NC(=O)C1CCC(OP(=O)(S)C(C)C)CC1. The van der Waals surface area contributed by atoms with Crippen LogP contribution >= 0.6 is 18.8 Å². The monoisotopic (exact) mass is 870 g/mol. The molecule has 0 bridgehead atoms. The number of terminal acetylenes is 3. The smallest absolute Gasteiger partial charge is 0.257 e. The Kier molecular flexibility index (Phi) is 30.6. The summed E-state index contributed by atoms with van der Waals surface area (Å²) < 4.78 is 50.7. The molecule has 1 atom stereocenters. The third-order valence-electron chi connectivity index (χ3n) is 9.26. The zero-order valence-electron chi connectivity index (χ0n) is 34.9. The molecule has 0 spiro atoms. The molecule has 59 heavy (non-hydrogen) atoms. The van der Waals surface area contributed by atoms with Crippen molar-refractivity contribution in [2.24, 2.45) is 5.92 Å². The Labute approximate surface area is 356 Å². The normalized spacial score (nSPS) is 16.2. The second-order valence-electron chi connectivity index (χ2n) is 14.2. The van der Waals surface area contributed by atoms with Gasteiger partial charge in [0.15, 0.2) is 0 Å². The predicted octanol–water partition coefficient (Wildman–Crippen LogP) is 2.64. The van der Waals surface area contributed by atoms with E-state index in [1.807, 2.05) is 0 Å². The summed E-state index contributed by atoms with van der Waals surface area (Å²) in [5.41, 5.74) is -1.35. The van der Waals surface area contributed by atoms with Gasteiger partial charge in [0, 0.05) is 56.0 Å². The average Bonchev–Trinajstić information content (AvgIpc) is 3.21. The molecule has 0 aromatic heterocycles. The molecule has 0 aromatic rings. The van der Waals surface area contributed by atoms with Crippen molar-refractivity contribution in [2.75, 3.05) is 98.9 Å². The molecule has 1 saturated carbocycles. The molecule has 0 saturated heterocycles. The largest absolute Gasteiger partial charge is 0.377 e. The summed E-state index contributed by atoms with van der Waals surface area (Å²) in [6.45, 7) is 4.47. The summed E-state index contributed by atoms with van der Waals surface area (Å²) in [6, 6.07) is 0. The van der Waals surface area contributed by atoms with Crippen molar-refractivity contribution in [2.45, 2.75) is 95.4 Å². The molecule has 0 heterocycles. The average molecular weight is 871 g/mol. The van der Waals surface area contributed by atoms with E-state index < -0.39 is 18.0 Å². The van der Waals surface area contributed by atoms with E-state index in [9.17, 15) is 23.7 Å². The quantitative estimate of drug-likeness (QED) is 0.0271. The van der Waals surface area contributed by atoms with Gasteiger partial charge in [-0.15, -0.1) is 19.3 Å². The first kappa shape index (κ1) is 53.9. The highest BCUT2D eigenvalue weighted by atomic mass is 32.7. The Hall–Kier alpha value is -3.14. The van der Waals surface area contributed by atoms with E-state index in [1.54, 1.807) is 13.8 Å². The van der Waals surface area contributed by atoms with Crippen LogP contribution in [0.2, 0.25) is 0 Å². The molecule has 0 aliphatic heterocycles. The lowest BCUT2D eigenvalue weighted by molar-refractivity contribution is -0.131. The van der Waals surface area contributed by atoms with Crippen LogP contribution in [0.3, 0.4) is 0 Å². The molecule has 0 aromatic carbocycles. The predicted molar refractivity (Wildman–Crippen MR) is 228 cm³/mol. The number of carbonyl (C=O) groups is 4. The van der Waals surface area contributed by atoms with Gasteiger partial charge in [0.1, 0.15) is 19.8 Å². The molecule has 16 nitrogen and oxygen atoms in total. The van der Waals surface area contributed by atoms with E-state index in [2.05, 4.69) is 51.3 Å². The van der Waals surface area contributed by atoms with E-state index >= 15 is 0 Å². The first-order valence-corrected chi connectivity index (χ1v) is 23.1. The fourth-order valence-electron chi connectivity index (χ4n) is 5.86. The number of ether oxygens (including phenoxy) is 6. The van der Waals surface area contributed by atoms with E-state index in [1.165, 1.54) is 0 Å². The van der Waals surface area contributed by atoms with Crippen molar-refractivity contribution >= 4 is 42.4 Å². The highest BCUT2D eigenvalue weighted by molar-refractivity contribution is 8.46. The number of hydrogen-bond donors (Lipinski definition) is 5. The van der Waals surface area contributed by atoms with Crippen molar-refractivity contribution in [3.8, 4) is 37.0 Å². The highest BCUT2D eigenvalue weighted by Gasteiger charge is 2.38. The van der Waals surface area contributed by atoms with Crippen LogP contribution in [0, 0.1) is 42.9 Å². The molecular formula is C41H67N4O12PS. The van der Waals surface area contributed by atoms with Crippen LogP contribution in [0.1, 0.15) is 78.1 Å². The van der Waals surface area contributed by atoms with Crippen LogP contribution in [0.5, 0.6) is 0 Å². The highest BCUT2D eigenvalue weighted by Crippen LogP contribution is 2.58. The van der Waals surface area contributed by atoms with Crippen molar-refractivity contribution in [1.82, 2.24) is 21.3 Å². The molecule has 1 unspecified atom stereocenters. The summed E-state index contributed by atoms with van der Waals surface area (Å²) in [6.07, 6.45) is 17.7. The number of rotatable bonds is 35. The Bertz CT molecular complexity index is 1280. The minimum Gasteiger partial charge on any atom is -0.377 e. The van der Waals surface area contributed by atoms with Gasteiger partial charge >= 0.3 is 0 Å². The van der Waals surface area contributed by atoms with Gasteiger partial charge in [-0.1, -0.05) is 43.9 Å². The van der Waals surface area contributed by atoms with Crippen molar-refractivity contribution < 1.29 is 56.7 Å². The van der Waals surface area contributed by atoms with Gasteiger partial charge in [0.05, 0.1) is 65.6 Å². The Morgan fingerprint density at radius 3 is 1.32 bits per heavy atom. The van der Waals surface area contributed by atoms with Crippen LogP contribution in [0.4, 0.5) is 0 Å². The maximum atomic E-state index is 14.0. The Morgan fingerprint density at radius 2 is 0.983 bits per heavy atom. The van der Waals surface area contributed by atoms with Gasteiger partial charge in [0.25, 0.3) is 6.57 Å². The van der Waals surface area contributed by atoms with Gasteiger partial charge in [-0.3, -0.25) is 23.7 Å². The van der Waals surface area contributed by atoms with Crippen LogP contribution in [-0.2, 0) is 56.7 Å². The number of nitrogens with one attached hydrogen (secondary N) is 4. The molecule has 1 aliphatic carbocycles. The topological polar surface area (TPSA) is 198 Å². The zero-order chi connectivity index (χ0) is 43.6. The zero-order valence-corrected chi connectivity index (χ0v) is 36.7. The number of thiol groups is 1. The maximum Gasteiger partial charge on any atom is 0.257 e. The van der Waals surface area contributed by atoms with Gasteiger partial charge in [-0.2, -0.15) is 0 Å². The minimum atomic E-state index is -3.10. The van der Waals surface area contributed by atoms with Crippen molar-refractivity contribution in [3.05, 3.63) is 0 Å². The summed E-state index contributed by atoms with van der Waals surface area (Å²) in [5, 5.41) is 11.7. The summed E-state index contributed by atoms with van der Waals surface area (Å²) in [5.74, 6) is 5.64. The molecule has 1 rings (SSSR count).